The molecule has 6 N–H and O–H groups in total. The number of nitrogens with zero attached hydrogens (tertiary/aromatic N) is 4. The Balaban J connectivity index is 0.000000194. The first-order valence-corrected chi connectivity index (χ1v) is 20.7. The molecule has 6 rings (SSSR count). The molecule has 2 saturated heterocycles. The lowest BCUT2D eigenvalue weighted by Crippen LogP contribution is -2.48. The summed E-state index contributed by atoms with van der Waals surface area (Å²) in [4.78, 5) is 4.31. The van der Waals surface area contributed by atoms with Crippen molar-refractivity contribution < 1.29 is 27.0 Å². The number of benzene rings is 2. The topological polar surface area (TPSA) is 174 Å². The van der Waals surface area contributed by atoms with Gasteiger partial charge in [-0.2, -0.15) is 8.61 Å². The SMILES string of the molecule is CC(C)(O)c1ccc(N2CCN(S(=O)(=O)c3ccc(N)s3)CC2)cc1.CC(C)(O)c1ccc(N2CCN(S(=O)(=O)c3ccc(N)s3)CC2)cc1. The van der Waals surface area contributed by atoms with Crippen LogP contribution in [-0.4, -0.2) is 88.0 Å². The highest BCUT2D eigenvalue weighted by Crippen LogP contribution is 2.30. The van der Waals surface area contributed by atoms with E-state index in [0.29, 0.717) is 70.8 Å². The van der Waals surface area contributed by atoms with Crippen LogP contribution in [0, 0.1) is 0 Å². The molecule has 0 spiro atoms. The van der Waals surface area contributed by atoms with Gasteiger partial charge in [0.15, 0.2) is 0 Å². The number of anilines is 4. The molecule has 0 bridgehead atoms. The fraction of sp³-hybridized carbons (Fsp3) is 0.412. The summed E-state index contributed by atoms with van der Waals surface area (Å²) in [5, 5.41) is 21.1. The number of hydrogen-bond donors (Lipinski definition) is 4. The number of nitrogen functional groups attached to an aromatic ring is 2. The molecule has 2 aromatic carbocycles. The van der Waals surface area contributed by atoms with Gasteiger partial charge in [0.25, 0.3) is 20.0 Å². The van der Waals surface area contributed by atoms with Crippen LogP contribution >= 0.6 is 22.7 Å². The molecule has 0 unspecified atom stereocenters. The summed E-state index contributed by atoms with van der Waals surface area (Å²) < 4.78 is 54.2. The molecule has 2 fully saturated rings. The first-order valence-electron chi connectivity index (χ1n) is 16.2. The van der Waals surface area contributed by atoms with E-state index in [-0.39, 0.29) is 0 Å². The molecule has 4 heterocycles. The molecule has 0 atom stereocenters. The number of rotatable bonds is 8. The predicted molar refractivity (Wildman–Crippen MR) is 203 cm³/mol. The third kappa shape index (κ3) is 8.80. The minimum absolute atomic E-state index is 0.299. The molecule has 272 valence electrons. The zero-order valence-corrected chi connectivity index (χ0v) is 32.0. The number of hydrogen-bond acceptors (Lipinski definition) is 12. The summed E-state index contributed by atoms with van der Waals surface area (Å²) in [5.74, 6) is 0. The molecule has 2 aliphatic rings. The molecule has 0 amide bonds. The van der Waals surface area contributed by atoms with Gasteiger partial charge >= 0.3 is 0 Å². The Morgan fingerprint density at radius 3 is 1.06 bits per heavy atom. The van der Waals surface area contributed by atoms with Gasteiger partial charge < -0.3 is 31.5 Å². The van der Waals surface area contributed by atoms with E-state index in [0.717, 1.165) is 45.2 Å². The van der Waals surface area contributed by atoms with Gasteiger partial charge in [0.1, 0.15) is 8.42 Å². The summed E-state index contributed by atoms with van der Waals surface area (Å²) >= 11 is 2.20. The van der Waals surface area contributed by atoms with Gasteiger partial charge in [-0.05, 0) is 87.4 Å². The average molecular weight is 763 g/mol. The second kappa shape index (κ2) is 14.8. The summed E-state index contributed by atoms with van der Waals surface area (Å²) in [6.45, 7) is 11.3. The van der Waals surface area contributed by atoms with Gasteiger partial charge in [-0.3, -0.25) is 0 Å². The number of sulfonamides is 2. The van der Waals surface area contributed by atoms with E-state index < -0.39 is 31.2 Å². The van der Waals surface area contributed by atoms with Crippen LogP contribution in [0.4, 0.5) is 21.4 Å². The third-order valence-corrected chi connectivity index (χ3v) is 15.3. The molecule has 50 heavy (non-hydrogen) atoms. The van der Waals surface area contributed by atoms with Crippen LogP contribution in [0.2, 0.25) is 0 Å². The number of nitrogens with two attached hydrogens (primary N) is 2. The van der Waals surface area contributed by atoms with Crippen molar-refractivity contribution in [1.82, 2.24) is 8.61 Å². The molecule has 12 nitrogen and oxygen atoms in total. The van der Waals surface area contributed by atoms with Crippen LogP contribution in [0.5, 0.6) is 0 Å². The molecular formula is C34H46N6O6S4. The van der Waals surface area contributed by atoms with Crippen LogP contribution in [0.1, 0.15) is 38.8 Å². The molecule has 2 aromatic heterocycles. The number of aliphatic hydroxyl groups is 2. The first kappa shape index (κ1) is 38.0. The highest BCUT2D eigenvalue weighted by atomic mass is 32.3. The Morgan fingerprint density at radius 1 is 0.520 bits per heavy atom. The largest absolute Gasteiger partial charge is 0.391 e. The van der Waals surface area contributed by atoms with E-state index in [2.05, 4.69) is 9.80 Å². The quantitative estimate of drug-likeness (QED) is 0.204. The van der Waals surface area contributed by atoms with Crippen molar-refractivity contribution in [3.63, 3.8) is 0 Å². The summed E-state index contributed by atoms with van der Waals surface area (Å²) in [6, 6.07) is 21.9. The van der Waals surface area contributed by atoms with Crippen molar-refractivity contribution in [1.29, 1.82) is 0 Å². The lowest BCUT2D eigenvalue weighted by Gasteiger charge is -2.35. The van der Waals surface area contributed by atoms with E-state index in [9.17, 15) is 27.0 Å². The zero-order valence-electron chi connectivity index (χ0n) is 28.7. The zero-order chi connectivity index (χ0) is 36.5. The summed E-state index contributed by atoms with van der Waals surface area (Å²) in [6.07, 6.45) is 0. The van der Waals surface area contributed by atoms with E-state index in [1.165, 1.54) is 8.61 Å². The van der Waals surface area contributed by atoms with E-state index in [4.69, 9.17) is 11.5 Å². The summed E-state index contributed by atoms with van der Waals surface area (Å²) in [5.41, 5.74) is 13.4. The molecule has 16 heteroatoms. The minimum Gasteiger partial charge on any atom is -0.391 e. The maximum absolute atomic E-state index is 12.6. The second-order valence-corrected chi connectivity index (χ2v) is 19.9. The monoisotopic (exact) mass is 762 g/mol. The van der Waals surface area contributed by atoms with Gasteiger partial charge in [-0.1, -0.05) is 24.3 Å². The molecule has 0 aliphatic carbocycles. The fourth-order valence-electron chi connectivity index (χ4n) is 5.73. The van der Waals surface area contributed by atoms with E-state index in [1.807, 2.05) is 48.5 Å². The smallest absolute Gasteiger partial charge is 0.252 e. The lowest BCUT2D eigenvalue weighted by molar-refractivity contribution is 0.0780. The van der Waals surface area contributed by atoms with Crippen molar-refractivity contribution in [3.05, 3.63) is 83.9 Å². The van der Waals surface area contributed by atoms with Crippen molar-refractivity contribution in [2.45, 2.75) is 47.3 Å². The molecular weight excluding hydrogens is 717 g/mol. The van der Waals surface area contributed by atoms with Gasteiger partial charge in [-0.25, -0.2) is 16.8 Å². The fourth-order valence-corrected chi connectivity index (χ4v) is 11.1. The predicted octanol–water partition coefficient (Wildman–Crippen LogP) is 4.14. The van der Waals surface area contributed by atoms with Crippen molar-refractivity contribution in [3.8, 4) is 0 Å². The van der Waals surface area contributed by atoms with E-state index >= 15 is 0 Å². The standard InChI is InChI=1S/2C17H23N3O3S2/c2*1-17(2,21)13-3-5-14(6-4-13)19-9-11-20(12-10-19)25(22,23)16-8-7-15(18)24-16/h2*3-8,21H,9-12,18H2,1-2H3. The Hall–Kier alpha value is -3.22. The normalized spacial score (nSPS) is 17.0. The third-order valence-electron chi connectivity index (χ3n) is 8.75. The van der Waals surface area contributed by atoms with E-state index in [1.54, 1.807) is 52.0 Å². The lowest BCUT2D eigenvalue weighted by atomic mass is 9.98. The Labute approximate surface area is 303 Å². The van der Waals surface area contributed by atoms with Gasteiger partial charge in [-0.15, -0.1) is 22.7 Å². The van der Waals surface area contributed by atoms with Crippen molar-refractivity contribution in [2.75, 3.05) is 73.6 Å². The van der Waals surface area contributed by atoms with Crippen LogP contribution in [0.3, 0.4) is 0 Å². The number of thiophene rings is 2. The van der Waals surface area contributed by atoms with Crippen LogP contribution in [0.25, 0.3) is 0 Å². The maximum atomic E-state index is 12.6. The Kier molecular flexibility index (Phi) is 11.2. The average Bonchev–Trinajstić information content (AvgIpc) is 3.73. The van der Waals surface area contributed by atoms with Gasteiger partial charge in [0, 0.05) is 63.7 Å². The second-order valence-electron chi connectivity index (χ2n) is 13.3. The highest BCUT2D eigenvalue weighted by molar-refractivity contribution is 7.91. The van der Waals surface area contributed by atoms with Gasteiger partial charge in [0.2, 0.25) is 0 Å². The van der Waals surface area contributed by atoms with Crippen LogP contribution < -0.4 is 21.3 Å². The molecule has 2 aliphatic heterocycles. The van der Waals surface area contributed by atoms with Crippen LogP contribution in [-0.2, 0) is 31.2 Å². The molecule has 0 radical (unpaired) electrons. The highest BCUT2D eigenvalue weighted by Gasteiger charge is 2.31. The van der Waals surface area contributed by atoms with Gasteiger partial charge in [0.05, 0.1) is 21.2 Å². The molecule has 0 saturated carbocycles. The molecule has 4 aromatic rings. The maximum Gasteiger partial charge on any atom is 0.252 e. The van der Waals surface area contributed by atoms with Crippen molar-refractivity contribution >= 4 is 64.1 Å². The Bertz CT molecular complexity index is 1810. The van der Waals surface area contributed by atoms with Crippen LogP contribution in [0.15, 0.2) is 81.2 Å². The Morgan fingerprint density at radius 2 is 0.820 bits per heavy atom. The van der Waals surface area contributed by atoms with Crippen molar-refractivity contribution in [2.24, 2.45) is 0 Å². The number of piperazine rings is 2. The first-order chi connectivity index (χ1) is 23.4. The summed E-state index contributed by atoms with van der Waals surface area (Å²) in [7, 11) is -6.92. The minimum atomic E-state index is -3.46.